The molecule has 2 aromatic heterocycles. The van der Waals surface area contributed by atoms with Crippen molar-refractivity contribution in [2.24, 2.45) is 0 Å². The molecule has 0 aliphatic heterocycles. The van der Waals surface area contributed by atoms with Gasteiger partial charge in [0.1, 0.15) is 17.9 Å². The first kappa shape index (κ1) is 20.5. The second-order valence-electron chi connectivity index (χ2n) is 8.42. The standard InChI is InChI=1S/C26H22N6O/c1-16(2)31-18-5-3-17(4-6-18)25-22(14-27)21-10-9-20(13-24(21)32(25)19-7-8-19)33-26-23(15-28)29-11-12-30-26/h3-6,9-13,16,19,31H,7-8H2,1-2H3. The van der Waals surface area contributed by atoms with E-state index in [1.54, 1.807) is 6.07 Å². The summed E-state index contributed by atoms with van der Waals surface area (Å²) in [5, 5.41) is 23.7. The summed E-state index contributed by atoms with van der Waals surface area (Å²) in [6, 6.07) is 19.0. The number of ether oxygens (including phenoxy) is 1. The second-order valence-corrected chi connectivity index (χ2v) is 8.42. The van der Waals surface area contributed by atoms with Crippen LogP contribution in [-0.4, -0.2) is 20.6 Å². The van der Waals surface area contributed by atoms with Gasteiger partial charge in [-0.3, -0.25) is 0 Å². The average Bonchev–Trinajstić information content (AvgIpc) is 3.61. The monoisotopic (exact) mass is 434 g/mol. The van der Waals surface area contributed by atoms with E-state index >= 15 is 0 Å². The third-order valence-electron chi connectivity index (χ3n) is 5.60. The number of anilines is 1. The molecule has 0 bridgehead atoms. The van der Waals surface area contributed by atoms with E-state index in [1.807, 2.05) is 18.2 Å². The molecule has 0 atom stereocenters. The zero-order valence-corrected chi connectivity index (χ0v) is 18.4. The smallest absolute Gasteiger partial charge is 0.256 e. The normalized spacial score (nSPS) is 13.0. The number of benzene rings is 2. The van der Waals surface area contributed by atoms with Crippen LogP contribution in [0.25, 0.3) is 22.2 Å². The molecule has 7 nitrogen and oxygen atoms in total. The molecule has 0 unspecified atom stereocenters. The SMILES string of the molecule is CC(C)Nc1ccc(-c2c(C#N)c3ccc(Oc4nccnc4C#N)cc3n2C2CC2)cc1. The minimum absolute atomic E-state index is 0.128. The molecule has 0 saturated heterocycles. The predicted octanol–water partition coefficient (Wildman–Crippen LogP) is 5.79. The highest BCUT2D eigenvalue weighted by molar-refractivity contribution is 5.95. The highest BCUT2D eigenvalue weighted by atomic mass is 16.5. The molecule has 0 spiro atoms. The largest absolute Gasteiger partial charge is 0.436 e. The number of fused-ring (bicyclic) bond motifs is 1. The van der Waals surface area contributed by atoms with Gasteiger partial charge in [-0.1, -0.05) is 12.1 Å². The van der Waals surface area contributed by atoms with Crippen molar-refractivity contribution in [3.05, 3.63) is 66.1 Å². The molecule has 4 aromatic rings. The quantitative estimate of drug-likeness (QED) is 0.412. The minimum Gasteiger partial charge on any atom is -0.436 e. The van der Waals surface area contributed by atoms with Crippen LogP contribution in [0.5, 0.6) is 11.6 Å². The van der Waals surface area contributed by atoms with Crippen molar-refractivity contribution in [3.8, 4) is 35.0 Å². The summed E-state index contributed by atoms with van der Waals surface area (Å²) in [5.41, 5.74) is 4.71. The van der Waals surface area contributed by atoms with Gasteiger partial charge in [0.15, 0.2) is 0 Å². The Morgan fingerprint density at radius 2 is 1.79 bits per heavy atom. The molecule has 0 radical (unpaired) electrons. The molecular formula is C26H22N6O. The Labute approximate surface area is 191 Å². The molecule has 1 aliphatic carbocycles. The molecule has 1 aliphatic rings. The molecule has 5 rings (SSSR count). The Morgan fingerprint density at radius 1 is 1.03 bits per heavy atom. The molecule has 2 aromatic carbocycles. The van der Waals surface area contributed by atoms with Crippen LogP contribution < -0.4 is 10.1 Å². The first-order chi connectivity index (χ1) is 16.1. The first-order valence-electron chi connectivity index (χ1n) is 10.9. The van der Waals surface area contributed by atoms with E-state index in [0.717, 1.165) is 40.7 Å². The lowest BCUT2D eigenvalue weighted by Gasteiger charge is -2.13. The summed E-state index contributed by atoms with van der Waals surface area (Å²) in [5.74, 6) is 0.712. The summed E-state index contributed by atoms with van der Waals surface area (Å²) in [6.45, 7) is 4.21. The summed E-state index contributed by atoms with van der Waals surface area (Å²) in [7, 11) is 0. The van der Waals surface area contributed by atoms with Crippen molar-refractivity contribution in [3.63, 3.8) is 0 Å². The number of hydrogen-bond donors (Lipinski definition) is 1. The van der Waals surface area contributed by atoms with Gasteiger partial charge in [-0.15, -0.1) is 0 Å². The van der Waals surface area contributed by atoms with Crippen LogP contribution in [0.1, 0.15) is 44.0 Å². The van der Waals surface area contributed by atoms with Crippen LogP contribution >= 0.6 is 0 Å². The van der Waals surface area contributed by atoms with Gasteiger partial charge in [0.25, 0.3) is 5.88 Å². The fraction of sp³-hybridized carbons (Fsp3) is 0.231. The van der Waals surface area contributed by atoms with Crippen LogP contribution in [0.15, 0.2) is 54.9 Å². The van der Waals surface area contributed by atoms with Gasteiger partial charge in [0.2, 0.25) is 5.69 Å². The maximum Gasteiger partial charge on any atom is 0.256 e. The highest BCUT2D eigenvalue weighted by Gasteiger charge is 2.31. The number of rotatable bonds is 6. The van der Waals surface area contributed by atoms with E-state index in [2.05, 4.69) is 64.0 Å². The topological polar surface area (TPSA) is 99.6 Å². The van der Waals surface area contributed by atoms with Gasteiger partial charge in [-0.2, -0.15) is 10.5 Å². The summed E-state index contributed by atoms with van der Waals surface area (Å²) >= 11 is 0. The van der Waals surface area contributed by atoms with Crippen LogP contribution in [0.3, 0.4) is 0 Å². The lowest BCUT2D eigenvalue weighted by atomic mass is 10.1. The van der Waals surface area contributed by atoms with Crippen LogP contribution in [0.4, 0.5) is 5.69 Å². The zero-order chi connectivity index (χ0) is 22.9. The molecule has 1 saturated carbocycles. The van der Waals surface area contributed by atoms with Crippen molar-refractivity contribution in [2.75, 3.05) is 5.32 Å². The highest BCUT2D eigenvalue weighted by Crippen LogP contribution is 2.45. The van der Waals surface area contributed by atoms with Gasteiger partial charge in [0.05, 0.1) is 16.8 Å². The van der Waals surface area contributed by atoms with Crippen molar-refractivity contribution in [1.82, 2.24) is 14.5 Å². The van der Waals surface area contributed by atoms with E-state index < -0.39 is 0 Å². The molecule has 7 heteroatoms. The number of nitrogens with one attached hydrogen (secondary N) is 1. The molecule has 162 valence electrons. The fourth-order valence-electron chi connectivity index (χ4n) is 4.11. The molecular weight excluding hydrogens is 412 g/mol. The summed E-state index contributed by atoms with van der Waals surface area (Å²) < 4.78 is 8.16. The van der Waals surface area contributed by atoms with Crippen molar-refractivity contribution >= 4 is 16.6 Å². The van der Waals surface area contributed by atoms with Crippen molar-refractivity contribution in [2.45, 2.75) is 38.8 Å². The van der Waals surface area contributed by atoms with E-state index in [-0.39, 0.29) is 11.6 Å². The number of hydrogen-bond acceptors (Lipinski definition) is 6. The van der Waals surface area contributed by atoms with Crippen molar-refractivity contribution < 1.29 is 4.74 Å². The Kier molecular flexibility index (Phi) is 5.16. The number of nitrogens with zero attached hydrogens (tertiary/aromatic N) is 5. The minimum atomic E-state index is 0.128. The predicted molar refractivity (Wildman–Crippen MR) is 126 cm³/mol. The van der Waals surface area contributed by atoms with Crippen LogP contribution in [0.2, 0.25) is 0 Å². The maximum absolute atomic E-state index is 10.1. The first-order valence-corrected chi connectivity index (χ1v) is 10.9. The van der Waals surface area contributed by atoms with Gasteiger partial charge in [-0.05, 0) is 56.5 Å². The Morgan fingerprint density at radius 3 is 2.45 bits per heavy atom. The molecule has 33 heavy (non-hydrogen) atoms. The number of aromatic nitrogens is 3. The van der Waals surface area contributed by atoms with Gasteiger partial charge in [-0.25, -0.2) is 9.97 Å². The lowest BCUT2D eigenvalue weighted by Crippen LogP contribution is -2.09. The summed E-state index contributed by atoms with van der Waals surface area (Å²) in [4.78, 5) is 8.14. The summed E-state index contributed by atoms with van der Waals surface area (Å²) in [6.07, 6.45) is 5.09. The van der Waals surface area contributed by atoms with Gasteiger partial charge >= 0.3 is 0 Å². The Hall–Kier alpha value is -4.36. The van der Waals surface area contributed by atoms with Crippen LogP contribution in [0, 0.1) is 22.7 Å². The molecule has 2 heterocycles. The second kappa shape index (κ2) is 8.29. The Bertz CT molecular complexity index is 1420. The van der Waals surface area contributed by atoms with Crippen LogP contribution in [-0.2, 0) is 0 Å². The Balaban J connectivity index is 1.62. The van der Waals surface area contributed by atoms with E-state index in [0.29, 0.717) is 23.4 Å². The van der Waals surface area contributed by atoms with Crippen molar-refractivity contribution in [1.29, 1.82) is 10.5 Å². The van der Waals surface area contributed by atoms with E-state index in [9.17, 15) is 10.5 Å². The molecule has 0 amide bonds. The third kappa shape index (κ3) is 3.86. The lowest BCUT2D eigenvalue weighted by molar-refractivity contribution is 0.458. The number of nitriles is 2. The average molecular weight is 435 g/mol. The molecule has 1 N–H and O–H groups in total. The van der Waals surface area contributed by atoms with E-state index in [4.69, 9.17) is 4.74 Å². The van der Waals surface area contributed by atoms with Gasteiger partial charge in [0, 0.05) is 41.6 Å². The molecule has 1 fully saturated rings. The maximum atomic E-state index is 10.1. The van der Waals surface area contributed by atoms with E-state index in [1.165, 1.54) is 12.4 Å². The third-order valence-corrected chi connectivity index (χ3v) is 5.60. The fourth-order valence-corrected chi connectivity index (χ4v) is 4.11. The zero-order valence-electron chi connectivity index (χ0n) is 18.4. The van der Waals surface area contributed by atoms with Gasteiger partial charge < -0.3 is 14.6 Å².